The van der Waals surface area contributed by atoms with Gasteiger partial charge in [0, 0.05) is 25.6 Å². The van der Waals surface area contributed by atoms with Crippen LogP contribution in [0, 0.1) is 0 Å². The van der Waals surface area contributed by atoms with Crippen LogP contribution in [0.3, 0.4) is 0 Å². The average Bonchev–Trinajstić information content (AvgIpc) is 2.99. The van der Waals surface area contributed by atoms with Crippen molar-refractivity contribution in [2.24, 2.45) is 0 Å². The molecule has 1 amide bonds. The van der Waals surface area contributed by atoms with Crippen LogP contribution in [0.5, 0.6) is 11.5 Å². The first-order valence-corrected chi connectivity index (χ1v) is 9.58. The van der Waals surface area contributed by atoms with Crippen molar-refractivity contribution in [3.63, 3.8) is 0 Å². The monoisotopic (exact) mass is 392 g/mol. The first-order valence-electron chi connectivity index (χ1n) is 9.58. The van der Waals surface area contributed by atoms with Crippen LogP contribution in [0.4, 0.5) is 0 Å². The fraction of sp³-hybridized carbons (Fsp3) is 0.600. The summed E-state index contributed by atoms with van der Waals surface area (Å²) in [5, 5.41) is 21.2. The highest BCUT2D eigenvalue weighted by molar-refractivity contribution is 5.99. The lowest BCUT2D eigenvalue weighted by Gasteiger charge is -2.47. The quantitative estimate of drug-likeness (QED) is 0.702. The van der Waals surface area contributed by atoms with Gasteiger partial charge in [0.1, 0.15) is 17.1 Å². The van der Waals surface area contributed by atoms with Crippen LogP contribution in [0.2, 0.25) is 0 Å². The predicted octanol–water partition coefficient (Wildman–Crippen LogP) is 1.62. The number of carboxylic acid groups (broad SMARTS) is 1. The number of hydrogen-bond donors (Lipinski definition) is 3. The lowest BCUT2D eigenvalue weighted by atomic mass is 9.85. The molecule has 3 aliphatic rings. The molecule has 0 aliphatic carbocycles. The number of piperidine rings is 1. The van der Waals surface area contributed by atoms with Crippen molar-refractivity contribution in [3.05, 3.63) is 23.8 Å². The Bertz CT molecular complexity index is 721. The Balaban J connectivity index is 0.000000516. The van der Waals surface area contributed by atoms with Gasteiger partial charge in [0.2, 0.25) is 0 Å². The highest BCUT2D eigenvalue weighted by Gasteiger charge is 2.47. The third kappa shape index (κ3) is 4.39. The minimum Gasteiger partial charge on any atom is -0.507 e. The van der Waals surface area contributed by atoms with Crippen LogP contribution in [0.25, 0.3) is 0 Å². The molecule has 3 N–H and O–H groups in total. The number of rotatable bonds is 2. The maximum Gasteiger partial charge on any atom is 0.300 e. The van der Waals surface area contributed by atoms with Crippen molar-refractivity contribution in [1.29, 1.82) is 0 Å². The highest BCUT2D eigenvalue weighted by atomic mass is 16.5. The van der Waals surface area contributed by atoms with Gasteiger partial charge < -0.3 is 29.9 Å². The Morgan fingerprint density at radius 1 is 1.29 bits per heavy atom. The number of nitrogens with zero attached hydrogens (tertiary/aromatic N) is 1. The number of carbonyl (C=O) groups is 2. The summed E-state index contributed by atoms with van der Waals surface area (Å²) in [4.78, 5) is 23.8. The van der Waals surface area contributed by atoms with Gasteiger partial charge >= 0.3 is 0 Å². The van der Waals surface area contributed by atoms with Gasteiger partial charge in [-0.15, -0.1) is 0 Å². The number of fused-ring (bicyclic) bond motifs is 2. The number of phenols is 1. The normalized spacial score (nSPS) is 28.4. The van der Waals surface area contributed by atoms with Crippen LogP contribution < -0.4 is 10.1 Å². The summed E-state index contributed by atoms with van der Waals surface area (Å²) in [6.45, 7) is 2.75. The number of methoxy groups -OCH3 is 1. The number of aliphatic carboxylic acids is 1. The Morgan fingerprint density at radius 3 is 2.54 bits per heavy atom. The van der Waals surface area contributed by atoms with Gasteiger partial charge in [-0.05, 0) is 37.8 Å². The van der Waals surface area contributed by atoms with Gasteiger partial charge in [-0.1, -0.05) is 6.07 Å². The predicted molar refractivity (Wildman–Crippen MR) is 102 cm³/mol. The van der Waals surface area contributed by atoms with Gasteiger partial charge in [-0.25, -0.2) is 0 Å². The van der Waals surface area contributed by atoms with E-state index in [-0.39, 0.29) is 22.8 Å². The second kappa shape index (κ2) is 8.36. The molecule has 2 bridgehead atoms. The molecule has 3 atom stereocenters. The average molecular weight is 392 g/mol. The molecule has 28 heavy (non-hydrogen) atoms. The lowest BCUT2D eigenvalue weighted by molar-refractivity contribution is -0.134. The Labute approximate surface area is 164 Å². The summed E-state index contributed by atoms with van der Waals surface area (Å²) in [5.74, 6) is -0.644. The van der Waals surface area contributed by atoms with Crippen LogP contribution in [0.15, 0.2) is 18.2 Å². The van der Waals surface area contributed by atoms with Crippen LogP contribution >= 0.6 is 0 Å². The van der Waals surface area contributed by atoms with Gasteiger partial charge in [-0.3, -0.25) is 9.59 Å². The number of carbonyl (C=O) groups excluding carboxylic acids is 1. The number of hydrogen-bond acceptors (Lipinski definition) is 6. The molecule has 0 radical (unpaired) electrons. The number of amides is 1. The van der Waals surface area contributed by atoms with Crippen molar-refractivity contribution in [1.82, 2.24) is 10.2 Å². The molecule has 1 unspecified atom stereocenters. The largest absolute Gasteiger partial charge is 0.507 e. The molecule has 0 aromatic heterocycles. The number of phenolic OH excluding ortho intramolecular Hbond substituents is 1. The van der Waals surface area contributed by atoms with E-state index in [4.69, 9.17) is 19.4 Å². The molecular formula is C20H28N2O6. The van der Waals surface area contributed by atoms with E-state index in [1.54, 1.807) is 12.1 Å². The smallest absolute Gasteiger partial charge is 0.300 e. The number of benzene rings is 1. The van der Waals surface area contributed by atoms with Crippen LogP contribution in [0.1, 0.15) is 43.0 Å². The zero-order valence-electron chi connectivity index (χ0n) is 16.3. The van der Waals surface area contributed by atoms with Crippen molar-refractivity contribution in [3.8, 4) is 11.5 Å². The number of aromatic hydroxyl groups is 1. The molecule has 3 fully saturated rings. The summed E-state index contributed by atoms with van der Waals surface area (Å²) < 4.78 is 11.4. The van der Waals surface area contributed by atoms with E-state index >= 15 is 0 Å². The molecule has 154 valence electrons. The molecular weight excluding hydrogens is 364 g/mol. The molecule has 8 heteroatoms. The molecule has 0 saturated carbocycles. The second-order valence-corrected chi connectivity index (χ2v) is 7.68. The third-order valence-corrected chi connectivity index (χ3v) is 5.55. The van der Waals surface area contributed by atoms with Crippen LogP contribution in [-0.2, 0) is 9.53 Å². The summed E-state index contributed by atoms with van der Waals surface area (Å²) in [5.41, 5.74) is -0.00299. The third-order valence-electron chi connectivity index (χ3n) is 5.55. The maximum atomic E-state index is 13.0. The van der Waals surface area contributed by atoms with Gasteiger partial charge in [0.15, 0.2) is 0 Å². The topological polar surface area (TPSA) is 108 Å². The summed E-state index contributed by atoms with van der Waals surface area (Å²) in [6.07, 6.45) is 4.28. The van der Waals surface area contributed by atoms with Gasteiger partial charge in [-0.2, -0.15) is 0 Å². The van der Waals surface area contributed by atoms with E-state index in [0.717, 1.165) is 19.8 Å². The van der Waals surface area contributed by atoms with E-state index < -0.39 is 5.97 Å². The SMILES string of the molecule is CC(=O)O.COc1cccc(O)c1C(=O)N1CCOC2(C[C@H]3CC[C@@H](C2)N3)C1. The molecule has 3 aliphatic heterocycles. The van der Waals surface area contributed by atoms with Gasteiger partial charge in [0.25, 0.3) is 11.9 Å². The maximum absolute atomic E-state index is 13.0. The van der Waals surface area contributed by atoms with E-state index in [1.165, 1.54) is 26.0 Å². The molecule has 8 nitrogen and oxygen atoms in total. The highest BCUT2D eigenvalue weighted by Crippen LogP contribution is 2.39. The van der Waals surface area contributed by atoms with Crippen LogP contribution in [-0.4, -0.2) is 71.5 Å². The van der Waals surface area contributed by atoms with E-state index in [9.17, 15) is 9.90 Å². The minimum atomic E-state index is -0.833. The standard InChI is InChI=1S/C18H24N2O4.C2H4O2/c1-23-15-4-2-3-14(21)16(15)17(22)20-7-8-24-18(11-20)9-12-5-6-13(10-18)19-12;1-2(3)4/h2-4,12-13,19,21H,5-11H2,1H3;1H3,(H,3,4)/t12-,13+,18?;. The van der Waals surface area contributed by atoms with Gasteiger partial charge in [0.05, 0.1) is 25.9 Å². The summed E-state index contributed by atoms with van der Waals surface area (Å²) >= 11 is 0. The second-order valence-electron chi connectivity index (χ2n) is 7.68. The van der Waals surface area contributed by atoms with E-state index in [1.807, 2.05) is 4.90 Å². The first-order chi connectivity index (χ1) is 13.3. The van der Waals surface area contributed by atoms with Crippen molar-refractivity contribution < 1.29 is 29.3 Å². The number of morpholine rings is 1. The lowest BCUT2D eigenvalue weighted by Crippen LogP contribution is -2.60. The van der Waals surface area contributed by atoms with E-state index in [0.29, 0.717) is 37.5 Å². The summed E-state index contributed by atoms with van der Waals surface area (Å²) in [7, 11) is 1.51. The molecule has 3 heterocycles. The molecule has 3 saturated heterocycles. The minimum absolute atomic E-state index is 0.0368. The fourth-order valence-corrected chi connectivity index (χ4v) is 4.53. The Hall–Kier alpha value is -2.32. The number of carboxylic acids is 1. The first kappa shape index (κ1) is 20.4. The molecule has 1 spiro atoms. The molecule has 1 aromatic carbocycles. The number of ether oxygens (including phenoxy) is 2. The summed E-state index contributed by atoms with van der Waals surface area (Å²) in [6, 6.07) is 5.90. The van der Waals surface area contributed by atoms with Crippen molar-refractivity contribution >= 4 is 11.9 Å². The Kier molecular flexibility index (Phi) is 6.10. The van der Waals surface area contributed by atoms with Crippen molar-refractivity contribution in [2.75, 3.05) is 26.8 Å². The van der Waals surface area contributed by atoms with E-state index in [2.05, 4.69) is 5.32 Å². The zero-order valence-corrected chi connectivity index (χ0v) is 16.3. The Morgan fingerprint density at radius 2 is 1.93 bits per heavy atom. The van der Waals surface area contributed by atoms with Crippen molar-refractivity contribution in [2.45, 2.75) is 50.3 Å². The molecule has 4 rings (SSSR count). The zero-order chi connectivity index (χ0) is 20.3. The fourth-order valence-electron chi connectivity index (χ4n) is 4.53. The molecule has 1 aromatic rings. The number of nitrogens with one attached hydrogen (secondary N) is 1.